The lowest BCUT2D eigenvalue weighted by Crippen LogP contribution is -2.34. The van der Waals surface area contributed by atoms with Crippen LogP contribution in [0.3, 0.4) is 0 Å². The molecule has 1 heterocycles. The average Bonchev–Trinajstić information content (AvgIpc) is 2.75. The van der Waals surface area contributed by atoms with Gasteiger partial charge in [0.1, 0.15) is 7.05 Å². The summed E-state index contributed by atoms with van der Waals surface area (Å²) >= 11 is 0. The van der Waals surface area contributed by atoms with Gasteiger partial charge < -0.3 is 0 Å². The molecular formula is C25H19F3N+. The fourth-order valence-electron chi connectivity index (χ4n) is 3.45. The molecular weight excluding hydrogens is 371 g/mol. The summed E-state index contributed by atoms with van der Waals surface area (Å²) in [5.74, 6) is 0. The molecule has 1 aromatic heterocycles. The first-order valence-corrected chi connectivity index (χ1v) is 9.26. The lowest BCUT2D eigenvalue weighted by atomic mass is 9.98. The number of nitrogens with zero attached hydrogens (tertiary/aromatic N) is 1. The Hall–Kier alpha value is -3.40. The summed E-state index contributed by atoms with van der Waals surface area (Å²) in [6.45, 7) is 0. The lowest BCUT2D eigenvalue weighted by Gasteiger charge is -2.11. The predicted molar refractivity (Wildman–Crippen MR) is 109 cm³/mol. The van der Waals surface area contributed by atoms with Crippen molar-refractivity contribution < 1.29 is 17.7 Å². The fraction of sp³-hybridized carbons (Fsp3) is 0.0800. The first-order chi connectivity index (χ1) is 13.9. The largest absolute Gasteiger partial charge is 0.416 e. The van der Waals surface area contributed by atoms with Gasteiger partial charge in [-0.2, -0.15) is 17.7 Å². The summed E-state index contributed by atoms with van der Waals surface area (Å²) in [7, 11) is 2.00. The number of halogens is 3. The van der Waals surface area contributed by atoms with E-state index in [1.807, 2.05) is 79.8 Å². The van der Waals surface area contributed by atoms with Gasteiger partial charge in [0.25, 0.3) is 0 Å². The van der Waals surface area contributed by atoms with Gasteiger partial charge in [-0.25, -0.2) is 0 Å². The lowest BCUT2D eigenvalue weighted by molar-refractivity contribution is -0.649. The highest BCUT2D eigenvalue weighted by atomic mass is 19.4. The minimum Gasteiger partial charge on any atom is -0.194 e. The minimum atomic E-state index is -4.34. The molecule has 0 atom stereocenters. The van der Waals surface area contributed by atoms with Gasteiger partial charge in [0.2, 0.25) is 11.4 Å². The average molecular weight is 390 g/mol. The van der Waals surface area contributed by atoms with Gasteiger partial charge in [-0.3, -0.25) is 0 Å². The van der Waals surface area contributed by atoms with Crippen LogP contribution in [0.15, 0.2) is 97.1 Å². The van der Waals surface area contributed by atoms with Gasteiger partial charge >= 0.3 is 6.18 Å². The molecule has 0 amide bonds. The Kier molecular flexibility index (Phi) is 4.93. The molecule has 1 nitrogen and oxygen atoms in total. The monoisotopic (exact) mass is 390 g/mol. The molecule has 29 heavy (non-hydrogen) atoms. The molecule has 0 unspecified atom stereocenters. The Bertz CT molecular complexity index is 1060. The quantitative estimate of drug-likeness (QED) is 0.350. The molecule has 0 saturated heterocycles. The maximum Gasteiger partial charge on any atom is 0.416 e. The predicted octanol–water partition coefficient (Wildman–Crippen LogP) is 6.53. The third kappa shape index (κ3) is 3.92. The van der Waals surface area contributed by atoms with Crippen LogP contribution in [-0.4, -0.2) is 0 Å². The van der Waals surface area contributed by atoms with Gasteiger partial charge in [0, 0.05) is 23.3 Å². The zero-order chi connectivity index (χ0) is 20.4. The SMILES string of the molecule is C[n+]1c(-c2ccccc2)cc(-c2ccc(C(F)(F)F)cc2)cc1-c1ccccc1. The standard InChI is InChI=1S/C25H19F3N/c1-29-23(19-8-4-2-5-9-19)16-21(17-24(29)20-10-6-3-7-11-20)18-12-14-22(15-13-18)25(26,27)28/h2-17H,1H3/q+1. The van der Waals surface area contributed by atoms with Gasteiger partial charge in [0.05, 0.1) is 5.56 Å². The summed E-state index contributed by atoms with van der Waals surface area (Å²) in [5.41, 5.74) is 5.03. The van der Waals surface area contributed by atoms with E-state index in [-0.39, 0.29) is 0 Å². The molecule has 4 rings (SSSR count). The van der Waals surface area contributed by atoms with Crippen LogP contribution in [0.2, 0.25) is 0 Å². The number of hydrogen-bond acceptors (Lipinski definition) is 0. The van der Waals surface area contributed by atoms with E-state index in [1.165, 1.54) is 12.1 Å². The first-order valence-electron chi connectivity index (χ1n) is 9.26. The summed E-state index contributed by atoms with van der Waals surface area (Å²) in [4.78, 5) is 0. The smallest absolute Gasteiger partial charge is 0.194 e. The molecule has 144 valence electrons. The minimum absolute atomic E-state index is 0.644. The van der Waals surface area contributed by atoms with Gasteiger partial charge in [-0.05, 0) is 47.5 Å². The summed E-state index contributed by atoms with van der Waals surface area (Å²) in [5, 5.41) is 0. The van der Waals surface area contributed by atoms with Crippen LogP contribution in [0.4, 0.5) is 13.2 Å². The van der Waals surface area contributed by atoms with Crippen LogP contribution in [0.1, 0.15) is 5.56 Å². The van der Waals surface area contributed by atoms with Crippen molar-refractivity contribution in [2.45, 2.75) is 6.18 Å². The Balaban J connectivity index is 1.90. The number of hydrogen-bond donors (Lipinski definition) is 0. The van der Waals surface area contributed by atoms with E-state index in [2.05, 4.69) is 4.57 Å². The van der Waals surface area contributed by atoms with E-state index >= 15 is 0 Å². The van der Waals surface area contributed by atoms with E-state index in [0.29, 0.717) is 0 Å². The zero-order valence-electron chi connectivity index (χ0n) is 15.8. The second kappa shape index (κ2) is 7.55. The van der Waals surface area contributed by atoms with Crippen molar-refractivity contribution in [1.82, 2.24) is 0 Å². The highest BCUT2D eigenvalue weighted by molar-refractivity contribution is 5.73. The summed E-state index contributed by atoms with van der Waals surface area (Å²) < 4.78 is 40.9. The number of alkyl halides is 3. The van der Waals surface area contributed by atoms with Crippen LogP contribution in [-0.2, 0) is 13.2 Å². The van der Waals surface area contributed by atoms with Crippen molar-refractivity contribution >= 4 is 0 Å². The second-order valence-corrected chi connectivity index (χ2v) is 6.88. The van der Waals surface area contributed by atoms with E-state index < -0.39 is 11.7 Å². The Labute approximate surface area is 167 Å². The highest BCUT2D eigenvalue weighted by Gasteiger charge is 2.30. The molecule has 0 saturated carbocycles. The molecule has 0 aliphatic carbocycles. The number of rotatable bonds is 3. The molecule has 0 bridgehead atoms. The highest BCUT2D eigenvalue weighted by Crippen LogP contribution is 2.33. The van der Waals surface area contributed by atoms with Crippen molar-refractivity contribution in [3.05, 3.63) is 103 Å². The Morgan fingerprint density at radius 1 is 0.552 bits per heavy atom. The molecule has 0 aliphatic rings. The van der Waals surface area contributed by atoms with Crippen molar-refractivity contribution in [2.75, 3.05) is 0 Å². The van der Waals surface area contributed by atoms with E-state index in [9.17, 15) is 13.2 Å². The molecule has 0 fully saturated rings. The maximum atomic E-state index is 12.9. The van der Waals surface area contributed by atoms with Crippen LogP contribution in [0.5, 0.6) is 0 Å². The first kappa shape index (κ1) is 18.9. The number of benzene rings is 3. The Morgan fingerprint density at radius 3 is 1.41 bits per heavy atom. The van der Waals surface area contributed by atoms with Crippen LogP contribution < -0.4 is 4.57 Å². The normalized spacial score (nSPS) is 11.4. The number of aromatic nitrogens is 1. The van der Waals surface area contributed by atoms with Crippen molar-refractivity contribution in [3.8, 4) is 33.6 Å². The molecule has 0 aliphatic heterocycles. The molecule has 0 spiro atoms. The van der Waals surface area contributed by atoms with Crippen LogP contribution in [0, 0.1) is 0 Å². The van der Waals surface area contributed by atoms with E-state index in [0.717, 1.165) is 45.8 Å². The van der Waals surface area contributed by atoms with Gasteiger partial charge in [-0.15, -0.1) is 0 Å². The number of pyridine rings is 1. The van der Waals surface area contributed by atoms with Crippen molar-refractivity contribution in [1.29, 1.82) is 0 Å². The maximum absolute atomic E-state index is 12.9. The third-order valence-corrected chi connectivity index (χ3v) is 4.99. The topological polar surface area (TPSA) is 3.88 Å². The summed E-state index contributed by atoms with van der Waals surface area (Å²) in [6.07, 6.45) is -4.34. The Morgan fingerprint density at radius 2 is 1.00 bits per heavy atom. The van der Waals surface area contributed by atoms with E-state index in [1.54, 1.807) is 0 Å². The molecule has 4 aromatic rings. The third-order valence-electron chi connectivity index (χ3n) is 4.99. The van der Waals surface area contributed by atoms with Crippen molar-refractivity contribution in [3.63, 3.8) is 0 Å². The second-order valence-electron chi connectivity index (χ2n) is 6.88. The molecule has 0 radical (unpaired) electrons. The zero-order valence-corrected chi connectivity index (χ0v) is 15.8. The van der Waals surface area contributed by atoms with Gasteiger partial charge in [0.15, 0.2) is 0 Å². The van der Waals surface area contributed by atoms with E-state index in [4.69, 9.17) is 0 Å². The molecule has 0 N–H and O–H groups in total. The summed E-state index contributed by atoms with van der Waals surface area (Å²) in [6, 6.07) is 29.3. The van der Waals surface area contributed by atoms with Crippen LogP contribution in [0.25, 0.3) is 33.6 Å². The molecule has 4 heteroatoms. The van der Waals surface area contributed by atoms with Crippen LogP contribution >= 0.6 is 0 Å². The van der Waals surface area contributed by atoms with Gasteiger partial charge in [-0.1, -0.05) is 48.5 Å². The molecule has 3 aromatic carbocycles. The fourth-order valence-corrected chi connectivity index (χ4v) is 3.45. The van der Waals surface area contributed by atoms with Crippen molar-refractivity contribution in [2.24, 2.45) is 7.05 Å².